The number of esters is 2. The van der Waals surface area contributed by atoms with Crippen molar-refractivity contribution in [2.24, 2.45) is 0 Å². The maximum Gasteiger partial charge on any atom is 0.347 e. The number of hydrogen-bond donors (Lipinski definition) is 0. The van der Waals surface area contributed by atoms with E-state index in [4.69, 9.17) is 25.8 Å². The average Bonchev–Trinajstić information content (AvgIpc) is 2.78. The molecule has 0 amide bonds. The molecule has 32 heavy (non-hydrogen) atoms. The molecule has 3 rings (SSSR count). The van der Waals surface area contributed by atoms with E-state index in [1.54, 1.807) is 54.6 Å². The lowest BCUT2D eigenvalue weighted by Crippen LogP contribution is -2.13. The van der Waals surface area contributed by atoms with Crippen LogP contribution in [-0.2, 0) is 4.79 Å². The van der Waals surface area contributed by atoms with Crippen LogP contribution in [0.25, 0.3) is 6.08 Å². The zero-order valence-electron chi connectivity index (χ0n) is 17.3. The van der Waals surface area contributed by atoms with Crippen LogP contribution in [0.5, 0.6) is 17.2 Å². The van der Waals surface area contributed by atoms with Gasteiger partial charge in [0.1, 0.15) is 22.8 Å². The van der Waals surface area contributed by atoms with E-state index < -0.39 is 11.9 Å². The molecule has 0 N–H and O–H groups in total. The molecule has 0 unspecified atom stereocenters. The molecule has 0 radical (unpaired) electrons. The molecule has 0 saturated heterocycles. The van der Waals surface area contributed by atoms with Gasteiger partial charge in [-0.1, -0.05) is 23.7 Å². The minimum absolute atomic E-state index is 0.0886. The number of rotatable bonds is 7. The summed E-state index contributed by atoms with van der Waals surface area (Å²) in [7, 11) is 1.50. The van der Waals surface area contributed by atoms with E-state index in [1.807, 2.05) is 0 Å². The largest absolute Gasteiger partial charge is 0.497 e. The molecule has 0 aliphatic carbocycles. The fraction of sp³-hybridized carbons (Fsp3) is 0.0800. The van der Waals surface area contributed by atoms with Crippen LogP contribution in [-0.4, -0.2) is 24.8 Å². The van der Waals surface area contributed by atoms with Crippen molar-refractivity contribution >= 4 is 35.4 Å². The van der Waals surface area contributed by atoms with Crippen molar-refractivity contribution in [2.75, 3.05) is 7.11 Å². The summed E-state index contributed by atoms with van der Waals surface area (Å²) in [5, 5.41) is 0.529. The van der Waals surface area contributed by atoms with Crippen molar-refractivity contribution < 1.29 is 28.6 Å². The highest BCUT2D eigenvalue weighted by Crippen LogP contribution is 2.28. The van der Waals surface area contributed by atoms with Gasteiger partial charge in [-0.05, 0) is 66.7 Å². The zero-order valence-corrected chi connectivity index (χ0v) is 18.1. The first-order chi connectivity index (χ1) is 15.4. The number of allylic oxidation sites excluding steroid dienone is 1. The van der Waals surface area contributed by atoms with Crippen LogP contribution in [0.4, 0.5) is 0 Å². The molecular formula is C25H19ClO6. The molecule has 0 atom stereocenters. The summed E-state index contributed by atoms with van der Waals surface area (Å²) in [6.07, 6.45) is 2.89. The quantitative estimate of drug-likeness (QED) is 0.208. The Morgan fingerprint density at radius 3 is 2.28 bits per heavy atom. The van der Waals surface area contributed by atoms with Gasteiger partial charge in [0.05, 0.1) is 7.11 Å². The predicted molar refractivity (Wildman–Crippen MR) is 121 cm³/mol. The van der Waals surface area contributed by atoms with Gasteiger partial charge >= 0.3 is 11.9 Å². The molecule has 3 aromatic rings. The van der Waals surface area contributed by atoms with Gasteiger partial charge in [-0.25, -0.2) is 4.79 Å². The van der Waals surface area contributed by atoms with E-state index in [0.717, 1.165) is 0 Å². The van der Waals surface area contributed by atoms with Crippen LogP contribution in [0.15, 0.2) is 72.8 Å². The first-order valence-electron chi connectivity index (χ1n) is 9.53. The molecule has 7 heteroatoms. The van der Waals surface area contributed by atoms with Gasteiger partial charge < -0.3 is 14.2 Å². The highest BCUT2D eigenvalue weighted by Gasteiger charge is 2.17. The van der Waals surface area contributed by atoms with Crippen LogP contribution >= 0.6 is 11.6 Å². The maximum absolute atomic E-state index is 12.8. The third-order valence-electron chi connectivity index (χ3n) is 4.32. The summed E-state index contributed by atoms with van der Waals surface area (Å²) in [6, 6.07) is 17.6. The van der Waals surface area contributed by atoms with Gasteiger partial charge in [-0.3, -0.25) is 9.59 Å². The van der Waals surface area contributed by atoms with Crippen LogP contribution in [0, 0.1) is 0 Å². The second-order valence-corrected chi connectivity index (χ2v) is 7.02. The number of methoxy groups -OCH3 is 1. The Bertz CT molecular complexity index is 1180. The van der Waals surface area contributed by atoms with Crippen molar-refractivity contribution in [2.45, 2.75) is 6.92 Å². The minimum Gasteiger partial charge on any atom is -0.497 e. The van der Waals surface area contributed by atoms with Crippen molar-refractivity contribution in [3.63, 3.8) is 0 Å². The van der Waals surface area contributed by atoms with E-state index in [1.165, 1.54) is 38.3 Å². The lowest BCUT2D eigenvalue weighted by Gasteiger charge is -2.11. The third kappa shape index (κ3) is 5.83. The third-order valence-corrected chi connectivity index (χ3v) is 4.58. The standard InChI is InChI=1S/C25H19ClO6/c1-16(27)31-24-6-4-3-5-21(24)25(29)32-23-14-12-20(30-2)15-18(23)9-13-22(28)17-7-10-19(26)11-8-17/h3-15H,1-2H3/b13-9+. The summed E-state index contributed by atoms with van der Waals surface area (Å²) < 4.78 is 15.9. The topological polar surface area (TPSA) is 78.9 Å². The summed E-state index contributed by atoms with van der Waals surface area (Å²) >= 11 is 5.86. The monoisotopic (exact) mass is 450 g/mol. The maximum atomic E-state index is 12.8. The van der Waals surface area contributed by atoms with Crippen molar-refractivity contribution in [1.82, 2.24) is 0 Å². The molecule has 0 aromatic heterocycles. The van der Waals surface area contributed by atoms with Gasteiger partial charge in [-0.15, -0.1) is 0 Å². The van der Waals surface area contributed by atoms with Gasteiger partial charge in [-0.2, -0.15) is 0 Å². The smallest absolute Gasteiger partial charge is 0.347 e. The Morgan fingerprint density at radius 1 is 0.875 bits per heavy atom. The minimum atomic E-state index is -0.717. The van der Waals surface area contributed by atoms with Crippen molar-refractivity contribution in [1.29, 1.82) is 0 Å². The summed E-state index contributed by atoms with van der Waals surface area (Å²) in [5.41, 5.74) is 0.998. The molecule has 0 aliphatic heterocycles. The summed E-state index contributed by atoms with van der Waals surface area (Å²) in [4.78, 5) is 36.6. The molecule has 0 saturated carbocycles. The van der Waals surface area contributed by atoms with E-state index in [9.17, 15) is 14.4 Å². The predicted octanol–water partition coefficient (Wildman–Crippen LogP) is 5.39. The Balaban J connectivity index is 1.88. The molecule has 0 aliphatic rings. The number of carbonyl (C=O) groups is 3. The number of ketones is 1. The van der Waals surface area contributed by atoms with E-state index in [-0.39, 0.29) is 22.8 Å². The second-order valence-electron chi connectivity index (χ2n) is 6.59. The number of benzene rings is 3. The zero-order chi connectivity index (χ0) is 23.1. The lowest BCUT2D eigenvalue weighted by molar-refractivity contribution is -0.131. The fourth-order valence-corrected chi connectivity index (χ4v) is 2.91. The molecule has 0 heterocycles. The molecule has 0 bridgehead atoms. The van der Waals surface area contributed by atoms with Gasteiger partial charge in [0, 0.05) is 23.1 Å². The number of hydrogen-bond acceptors (Lipinski definition) is 6. The van der Waals surface area contributed by atoms with Crippen molar-refractivity contribution in [3.8, 4) is 17.2 Å². The van der Waals surface area contributed by atoms with Crippen molar-refractivity contribution in [3.05, 3.63) is 94.5 Å². The molecule has 0 spiro atoms. The SMILES string of the molecule is COc1ccc(OC(=O)c2ccccc2OC(C)=O)c(/C=C/C(=O)c2ccc(Cl)cc2)c1. The molecule has 3 aromatic carbocycles. The van der Waals surface area contributed by atoms with Crippen LogP contribution in [0.2, 0.25) is 5.02 Å². The average molecular weight is 451 g/mol. The lowest BCUT2D eigenvalue weighted by atomic mass is 10.1. The van der Waals surface area contributed by atoms with E-state index in [0.29, 0.717) is 21.9 Å². The van der Waals surface area contributed by atoms with E-state index >= 15 is 0 Å². The highest BCUT2D eigenvalue weighted by molar-refractivity contribution is 6.30. The first kappa shape index (κ1) is 22.8. The Morgan fingerprint density at radius 2 is 1.59 bits per heavy atom. The number of para-hydroxylation sites is 1. The first-order valence-corrected chi connectivity index (χ1v) is 9.91. The van der Waals surface area contributed by atoms with E-state index in [2.05, 4.69) is 0 Å². The van der Waals surface area contributed by atoms with Gasteiger partial charge in [0.2, 0.25) is 0 Å². The normalized spacial score (nSPS) is 10.6. The second kappa shape index (κ2) is 10.4. The van der Waals surface area contributed by atoms with Crippen LogP contribution in [0.3, 0.4) is 0 Å². The molecule has 0 fully saturated rings. The fourth-order valence-electron chi connectivity index (χ4n) is 2.79. The number of halogens is 1. The molecular weight excluding hydrogens is 432 g/mol. The number of carbonyl (C=O) groups excluding carboxylic acids is 3. The summed E-state index contributed by atoms with van der Waals surface area (Å²) in [6.45, 7) is 1.24. The van der Waals surface area contributed by atoms with Gasteiger partial charge in [0.15, 0.2) is 5.78 Å². The van der Waals surface area contributed by atoms with Gasteiger partial charge in [0.25, 0.3) is 0 Å². The Labute approximate surface area is 190 Å². The molecule has 6 nitrogen and oxygen atoms in total. The number of ether oxygens (including phenoxy) is 3. The molecule has 162 valence electrons. The Kier molecular flexibility index (Phi) is 7.41. The highest BCUT2D eigenvalue weighted by atomic mass is 35.5. The summed E-state index contributed by atoms with van der Waals surface area (Å²) in [5.74, 6) is -0.711. The van der Waals surface area contributed by atoms with Crippen LogP contribution < -0.4 is 14.2 Å². The van der Waals surface area contributed by atoms with Crippen LogP contribution in [0.1, 0.15) is 33.2 Å². The Hall–Kier alpha value is -3.90.